The number of nitrogens with zero attached hydrogens (tertiary/aromatic N) is 1. The Morgan fingerprint density at radius 3 is 2.53 bits per heavy atom. The lowest BCUT2D eigenvalue weighted by atomic mass is 9.81. The minimum atomic E-state index is 0.132. The fourth-order valence-corrected chi connectivity index (χ4v) is 3.13. The SMILES string of the molecule is CC(C)C(=O)N1C2C=C(C(C)C)CC1CCC2. The number of rotatable bonds is 2. The van der Waals surface area contributed by atoms with Crippen LogP contribution in [0.15, 0.2) is 11.6 Å². The molecular formula is C15H25NO. The van der Waals surface area contributed by atoms with Gasteiger partial charge in [-0.15, -0.1) is 0 Å². The molecule has 0 aromatic rings. The molecule has 0 saturated carbocycles. The van der Waals surface area contributed by atoms with Gasteiger partial charge in [-0.3, -0.25) is 4.79 Å². The van der Waals surface area contributed by atoms with Gasteiger partial charge in [0, 0.05) is 12.0 Å². The van der Waals surface area contributed by atoms with Crippen LogP contribution in [0.3, 0.4) is 0 Å². The monoisotopic (exact) mass is 235 g/mol. The van der Waals surface area contributed by atoms with Gasteiger partial charge in [0.15, 0.2) is 0 Å². The first kappa shape index (κ1) is 12.7. The zero-order valence-electron chi connectivity index (χ0n) is 11.6. The summed E-state index contributed by atoms with van der Waals surface area (Å²) < 4.78 is 0. The van der Waals surface area contributed by atoms with Crippen LogP contribution in [0.25, 0.3) is 0 Å². The molecule has 1 fully saturated rings. The molecule has 2 aliphatic rings. The first-order chi connectivity index (χ1) is 8.00. The number of hydrogen-bond donors (Lipinski definition) is 0. The molecule has 2 aliphatic heterocycles. The van der Waals surface area contributed by atoms with Crippen LogP contribution in [0.5, 0.6) is 0 Å². The van der Waals surface area contributed by atoms with Crippen molar-refractivity contribution in [2.24, 2.45) is 11.8 Å². The van der Waals surface area contributed by atoms with E-state index in [1.807, 2.05) is 13.8 Å². The number of carbonyl (C=O) groups excluding carboxylic acids is 1. The van der Waals surface area contributed by atoms with Gasteiger partial charge < -0.3 is 4.90 Å². The summed E-state index contributed by atoms with van der Waals surface area (Å²) in [5, 5.41) is 0. The predicted octanol–water partition coefficient (Wildman–Crippen LogP) is 3.38. The lowest BCUT2D eigenvalue weighted by molar-refractivity contribution is -0.140. The Hall–Kier alpha value is -0.790. The van der Waals surface area contributed by atoms with Crippen molar-refractivity contribution in [2.45, 2.75) is 65.5 Å². The summed E-state index contributed by atoms with van der Waals surface area (Å²) in [4.78, 5) is 14.5. The van der Waals surface area contributed by atoms with Crippen molar-refractivity contribution in [3.63, 3.8) is 0 Å². The van der Waals surface area contributed by atoms with Crippen LogP contribution >= 0.6 is 0 Å². The summed E-state index contributed by atoms with van der Waals surface area (Å²) in [6.45, 7) is 8.56. The van der Waals surface area contributed by atoms with Gasteiger partial charge in [0.1, 0.15) is 0 Å². The van der Waals surface area contributed by atoms with Crippen LogP contribution in [0.2, 0.25) is 0 Å². The normalized spacial score (nSPS) is 28.6. The van der Waals surface area contributed by atoms with Crippen LogP contribution in [0, 0.1) is 11.8 Å². The molecule has 2 heteroatoms. The first-order valence-electron chi connectivity index (χ1n) is 7.03. The molecule has 96 valence electrons. The lowest BCUT2D eigenvalue weighted by Gasteiger charge is -2.46. The summed E-state index contributed by atoms with van der Waals surface area (Å²) >= 11 is 0. The highest BCUT2D eigenvalue weighted by atomic mass is 16.2. The van der Waals surface area contributed by atoms with Crippen molar-refractivity contribution in [1.82, 2.24) is 4.90 Å². The van der Waals surface area contributed by atoms with Gasteiger partial charge in [-0.2, -0.15) is 0 Å². The Morgan fingerprint density at radius 2 is 2.00 bits per heavy atom. The second-order valence-corrected chi connectivity index (χ2v) is 6.15. The molecule has 0 N–H and O–H groups in total. The first-order valence-corrected chi connectivity index (χ1v) is 7.03. The van der Waals surface area contributed by atoms with Gasteiger partial charge in [-0.1, -0.05) is 39.3 Å². The zero-order chi connectivity index (χ0) is 12.6. The van der Waals surface area contributed by atoms with E-state index < -0.39 is 0 Å². The van der Waals surface area contributed by atoms with Crippen molar-refractivity contribution in [3.8, 4) is 0 Å². The maximum atomic E-state index is 12.3. The molecule has 2 atom stereocenters. The minimum absolute atomic E-state index is 0.132. The highest BCUT2D eigenvalue weighted by molar-refractivity contribution is 5.79. The molecule has 1 amide bonds. The molecule has 0 aromatic carbocycles. The Bertz CT molecular complexity index is 330. The smallest absolute Gasteiger partial charge is 0.225 e. The molecule has 0 spiro atoms. The van der Waals surface area contributed by atoms with Gasteiger partial charge in [0.05, 0.1) is 6.04 Å². The van der Waals surface area contributed by atoms with E-state index in [1.54, 1.807) is 5.57 Å². The van der Waals surface area contributed by atoms with Crippen LogP contribution in [-0.4, -0.2) is 22.9 Å². The van der Waals surface area contributed by atoms with E-state index in [-0.39, 0.29) is 5.92 Å². The Kier molecular flexibility index (Phi) is 3.60. The summed E-state index contributed by atoms with van der Waals surface area (Å²) in [5.41, 5.74) is 1.56. The molecule has 2 nitrogen and oxygen atoms in total. The molecule has 1 saturated heterocycles. The van der Waals surface area contributed by atoms with Crippen molar-refractivity contribution < 1.29 is 4.79 Å². The van der Waals surface area contributed by atoms with Crippen molar-refractivity contribution >= 4 is 5.91 Å². The standard InChI is InChI=1S/C15H25NO/c1-10(2)12-8-13-6-5-7-14(9-12)16(13)15(17)11(3)4/h8,10-11,13-14H,5-7,9H2,1-4H3. The third-order valence-electron chi connectivity index (χ3n) is 4.16. The minimum Gasteiger partial charge on any atom is -0.333 e. The fourth-order valence-electron chi connectivity index (χ4n) is 3.13. The lowest BCUT2D eigenvalue weighted by Crippen LogP contribution is -2.53. The maximum absolute atomic E-state index is 12.3. The van der Waals surface area contributed by atoms with Crippen LogP contribution in [0.4, 0.5) is 0 Å². The van der Waals surface area contributed by atoms with E-state index in [4.69, 9.17) is 0 Å². The molecule has 2 bridgehead atoms. The highest BCUT2D eigenvalue weighted by Gasteiger charge is 2.37. The largest absolute Gasteiger partial charge is 0.333 e. The van der Waals surface area contributed by atoms with E-state index in [0.717, 1.165) is 12.8 Å². The van der Waals surface area contributed by atoms with Crippen molar-refractivity contribution in [2.75, 3.05) is 0 Å². The fraction of sp³-hybridized carbons (Fsp3) is 0.800. The molecular weight excluding hydrogens is 210 g/mol. The van der Waals surface area contributed by atoms with Gasteiger partial charge in [-0.25, -0.2) is 0 Å². The summed E-state index contributed by atoms with van der Waals surface area (Å²) in [7, 11) is 0. The number of piperidine rings is 1. The Balaban J connectivity index is 2.23. The van der Waals surface area contributed by atoms with E-state index in [9.17, 15) is 4.79 Å². The third kappa shape index (κ3) is 2.41. The highest BCUT2D eigenvalue weighted by Crippen LogP contribution is 2.36. The van der Waals surface area contributed by atoms with Crippen LogP contribution in [0.1, 0.15) is 53.4 Å². The molecule has 17 heavy (non-hydrogen) atoms. The van der Waals surface area contributed by atoms with Crippen LogP contribution in [-0.2, 0) is 4.79 Å². The Labute approximate surface area is 105 Å². The molecule has 2 unspecified atom stereocenters. The van der Waals surface area contributed by atoms with E-state index in [1.165, 1.54) is 12.8 Å². The van der Waals surface area contributed by atoms with E-state index in [0.29, 0.717) is 23.9 Å². The van der Waals surface area contributed by atoms with Gasteiger partial charge in [0.25, 0.3) is 0 Å². The topological polar surface area (TPSA) is 20.3 Å². The van der Waals surface area contributed by atoms with Crippen molar-refractivity contribution in [1.29, 1.82) is 0 Å². The second-order valence-electron chi connectivity index (χ2n) is 6.15. The average molecular weight is 235 g/mol. The molecule has 0 aromatic heterocycles. The molecule has 2 rings (SSSR count). The number of amides is 1. The third-order valence-corrected chi connectivity index (χ3v) is 4.16. The maximum Gasteiger partial charge on any atom is 0.225 e. The van der Waals surface area contributed by atoms with Gasteiger partial charge in [-0.05, 0) is 31.6 Å². The average Bonchev–Trinajstić information content (AvgIpc) is 2.25. The predicted molar refractivity (Wildman–Crippen MR) is 70.6 cm³/mol. The number of fused-ring (bicyclic) bond motifs is 2. The van der Waals surface area contributed by atoms with E-state index >= 15 is 0 Å². The van der Waals surface area contributed by atoms with Crippen molar-refractivity contribution in [3.05, 3.63) is 11.6 Å². The second kappa shape index (κ2) is 4.83. The molecule has 0 radical (unpaired) electrons. The number of carbonyl (C=O) groups is 1. The van der Waals surface area contributed by atoms with E-state index in [2.05, 4.69) is 24.8 Å². The molecule has 2 heterocycles. The van der Waals surface area contributed by atoms with Gasteiger partial charge >= 0.3 is 0 Å². The van der Waals surface area contributed by atoms with Gasteiger partial charge in [0.2, 0.25) is 5.91 Å². The summed E-state index contributed by atoms with van der Waals surface area (Å²) in [6, 6.07) is 0.862. The molecule has 0 aliphatic carbocycles. The quantitative estimate of drug-likeness (QED) is 0.672. The summed E-state index contributed by atoms with van der Waals surface area (Å²) in [5.74, 6) is 1.11. The zero-order valence-corrected chi connectivity index (χ0v) is 11.6. The number of hydrogen-bond acceptors (Lipinski definition) is 1. The summed E-state index contributed by atoms with van der Waals surface area (Å²) in [6.07, 6.45) is 7.11. The Morgan fingerprint density at radius 1 is 1.29 bits per heavy atom. The van der Waals surface area contributed by atoms with Crippen LogP contribution < -0.4 is 0 Å².